The molecule has 0 saturated heterocycles. The van der Waals surface area contributed by atoms with Crippen LogP contribution in [0, 0.1) is 0 Å². The lowest BCUT2D eigenvalue weighted by atomic mass is 10.6. The highest BCUT2D eigenvalue weighted by Crippen LogP contribution is 2.21. The second kappa shape index (κ2) is 55.2. The van der Waals surface area contributed by atoms with E-state index in [1.165, 1.54) is 21.6 Å². The Labute approximate surface area is 274 Å². The molecule has 13 heteroatoms. The SMILES string of the molecule is C.[2H]C(N)C([2H])([2H])SSC([2H])([2H])C([2H])([2H])C.[2H]C([2H])(C)C([2H])([2H])SSC([2H])([2H])C([2H])([2H])N.[2H]C([2H])(CN)SSC([2H])([2H])C([2H])([2H])C.[2H]C([2H])(N)CSSCC([2H])([2H])N. The number of hydrogen-bond donors (Lipinski definition) is 5. The second-order valence-electron chi connectivity index (χ2n) is 3.37. The largest absolute Gasteiger partial charge is 0.330 e. The molecule has 10 N–H and O–H groups in total. The molecule has 5 nitrogen and oxygen atoms in total. The van der Waals surface area contributed by atoms with Gasteiger partial charge in [0, 0.05) is 113 Å². The Kier molecular flexibility index (Phi) is 23.1. The molecule has 0 aromatic heterocycles. The summed E-state index contributed by atoms with van der Waals surface area (Å²) >= 11 is 0. The van der Waals surface area contributed by atoms with Crippen molar-refractivity contribution in [3.63, 3.8) is 0 Å². The van der Waals surface area contributed by atoms with Crippen LogP contribution in [0.25, 0.3) is 0 Å². The van der Waals surface area contributed by atoms with Gasteiger partial charge < -0.3 is 28.7 Å². The molecule has 1 atom stereocenters. The molecule has 0 spiro atoms. The summed E-state index contributed by atoms with van der Waals surface area (Å²) in [4.78, 5) is 0. The Morgan fingerprint density at radius 3 is 1.15 bits per heavy atom. The molecule has 0 aliphatic carbocycles. The Bertz CT molecular complexity index is 1080. The van der Waals surface area contributed by atoms with Gasteiger partial charge in [-0.25, -0.2) is 0 Å². The summed E-state index contributed by atoms with van der Waals surface area (Å²) in [7, 11) is 4.95. The highest BCUT2D eigenvalue weighted by molar-refractivity contribution is 8.77. The molecule has 33 heavy (non-hydrogen) atoms. The van der Waals surface area contributed by atoms with Gasteiger partial charge in [-0.2, -0.15) is 0 Å². The monoisotopic (exact) mass is 646 g/mol. The van der Waals surface area contributed by atoms with E-state index in [9.17, 15) is 0 Å². The lowest BCUT2D eigenvalue weighted by Crippen LogP contribution is -2.02. The van der Waals surface area contributed by atoms with Gasteiger partial charge in [0.25, 0.3) is 0 Å². The topological polar surface area (TPSA) is 130 Å². The van der Waals surface area contributed by atoms with Gasteiger partial charge in [-0.1, -0.05) is 115 Å². The molecule has 0 fully saturated rings. The minimum Gasteiger partial charge on any atom is -0.330 e. The van der Waals surface area contributed by atoms with E-state index in [1.807, 2.05) is 0 Å². The predicted octanol–water partition coefficient (Wildman–Crippen LogP) is 6.13. The quantitative estimate of drug-likeness (QED) is 0.0768. The summed E-state index contributed by atoms with van der Waals surface area (Å²) in [5.41, 5.74) is 12.2. The van der Waals surface area contributed by atoms with Gasteiger partial charge in [0.15, 0.2) is 0 Å². The third-order valence-electron chi connectivity index (χ3n) is 1.28. The molecule has 0 amide bonds. The van der Waals surface area contributed by atoms with Gasteiger partial charge in [-0.15, -0.1) is 0 Å². The van der Waals surface area contributed by atoms with Crippen molar-refractivity contribution in [2.75, 3.05) is 78.3 Å². The molecular weight excluding hydrogens is 567 g/mol. The predicted molar refractivity (Wildman–Crippen MR) is 183 cm³/mol. The van der Waals surface area contributed by atoms with Crippen LogP contribution in [-0.2, 0) is 0 Å². The van der Waals surface area contributed by atoms with Gasteiger partial charge >= 0.3 is 0 Å². The zero-order valence-electron chi connectivity index (χ0n) is 42.9. The zero-order chi connectivity index (χ0) is 47.4. The summed E-state index contributed by atoms with van der Waals surface area (Å²) in [6.07, 6.45) is -6.27. The van der Waals surface area contributed by atoms with Gasteiger partial charge in [0.05, 0.1) is 0 Å². The standard InChI is InChI=1S/3C5H13NS2.C4H12N2S2.CH4/c3*1-2-4-7-8-5-3-6;5-1-3-7-8-4-2-6;/h3*2-6H2,1H3;1-6H2;1H4/i2D2,3D2,4D2,5D2;2D2,3D,4D2,5D2;2D2,4D2,5D2;1D2,2D2;. The summed E-state index contributed by atoms with van der Waals surface area (Å²) in [5, 5.41) is 0. The summed E-state index contributed by atoms with van der Waals surface area (Å²) in [6.45, 7) is -4.50. The third kappa shape index (κ3) is 72.0. The lowest BCUT2D eigenvalue weighted by Gasteiger charge is -1.93. The molecule has 0 saturated carbocycles. The Morgan fingerprint density at radius 2 is 0.848 bits per heavy atom. The highest BCUT2D eigenvalue weighted by atomic mass is 33.1. The van der Waals surface area contributed by atoms with E-state index in [0.717, 1.165) is 20.8 Å². The molecular formula is C20H55N5S8. The molecule has 0 aliphatic rings. The summed E-state index contributed by atoms with van der Waals surface area (Å²) in [5.74, 6) is 0.265. The minimum absolute atomic E-state index is 0. The third-order valence-corrected chi connectivity index (χ3v) is 7.45. The fourth-order valence-electron chi connectivity index (χ4n) is 0.499. The number of rotatable bonds is 20. The van der Waals surface area contributed by atoms with Crippen molar-refractivity contribution in [2.45, 2.75) is 47.3 Å². The molecule has 0 aliphatic heterocycles. The van der Waals surface area contributed by atoms with E-state index in [1.54, 1.807) is 0 Å². The molecule has 0 bridgehead atoms. The average Bonchev–Trinajstić information content (AvgIpc) is 2.94. The molecule has 208 valence electrons. The van der Waals surface area contributed by atoms with E-state index in [2.05, 4.69) is 0 Å². The highest BCUT2D eigenvalue weighted by Gasteiger charge is 1.86. The van der Waals surface area contributed by atoms with Crippen molar-refractivity contribution in [3.05, 3.63) is 0 Å². The number of hydrogen-bond acceptors (Lipinski definition) is 13. The van der Waals surface area contributed by atoms with Crippen molar-refractivity contribution in [3.8, 4) is 0 Å². The maximum absolute atomic E-state index is 7.37. The van der Waals surface area contributed by atoms with Crippen LogP contribution in [0.5, 0.6) is 0 Å². The van der Waals surface area contributed by atoms with Crippen LogP contribution in [0.15, 0.2) is 0 Å². The minimum atomic E-state index is -2.62. The van der Waals surface area contributed by atoms with Crippen molar-refractivity contribution in [1.82, 2.24) is 0 Å². The maximum Gasteiger partial charge on any atom is 0.0434 e. The van der Waals surface area contributed by atoms with Crippen molar-refractivity contribution < 1.29 is 34.3 Å². The average molecular weight is 647 g/mol. The van der Waals surface area contributed by atoms with Crippen molar-refractivity contribution in [1.29, 1.82) is 0 Å². The first kappa shape index (κ1) is 13.8. The molecule has 1 unspecified atom stereocenters. The Balaban J connectivity index is -0.000000215. The van der Waals surface area contributed by atoms with Crippen molar-refractivity contribution >= 4 is 86.4 Å². The van der Waals surface area contributed by atoms with Crippen molar-refractivity contribution in [2.24, 2.45) is 28.7 Å². The summed E-state index contributed by atoms with van der Waals surface area (Å²) in [6, 6.07) is 0. The van der Waals surface area contributed by atoms with Crippen LogP contribution in [0.4, 0.5) is 0 Å². The van der Waals surface area contributed by atoms with Crippen LogP contribution >= 0.6 is 86.4 Å². The first-order chi connectivity index (χ1) is 24.3. The van der Waals surface area contributed by atoms with Gasteiger partial charge in [-0.3, -0.25) is 0 Å². The lowest BCUT2D eigenvalue weighted by molar-refractivity contribution is 1.11. The Morgan fingerprint density at radius 1 is 0.485 bits per heavy atom. The molecule has 0 aromatic rings. The normalized spacial score (nSPS) is 26.8. The maximum atomic E-state index is 7.37. The number of nitrogens with two attached hydrogens (primary N) is 5. The second-order valence-corrected chi connectivity index (χ2v) is 11.2. The Hall–Kier alpha value is 2.60. The van der Waals surface area contributed by atoms with E-state index in [-0.39, 0.29) is 36.3 Å². The van der Waals surface area contributed by atoms with Gasteiger partial charge in [0.1, 0.15) is 0 Å². The van der Waals surface area contributed by atoms with E-state index >= 15 is 0 Å². The van der Waals surface area contributed by atoms with Crippen LogP contribution in [0.2, 0.25) is 0 Å². The first-order valence-electron chi connectivity index (χ1n) is 20.5. The van der Waals surface area contributed by atoms with Crippen LogP contribution in [0.1, 0.15) is 81.6 Å². The first-order valence-corrected chi connectivity index (χ1v) is 16.9. The fraction of sp³-hybridized carbons (Fsp3) is 1.00. The van der Waals surface area contributed by atoms with Crippen LogP contribution in [-0.4, -0.2) is 78.3 Å². The van der Waals surface area contributed by atoms with Crippen LogP contribution in [0.3, 0.4) is 0 Å². The molecule has 0 radical (unpaired) electrons. The van der Waals surface area contributed by atoms with E-state index < -0.39 is 79.4 Å². The smallest absolute Gasteiger partial charge is 0.0434 e. The molecule has 0 aromatic carbocycles. The van der Waals surface area contributed by atoms with Gasteiger partial charge in [0.2, 0.25) is 0 Å². The zero-order valence-corrected chi connectivity index (χ0v) is 24.4. The van der Waals surface area contributed by atoms with E-state index in [0.29, 0.717) is 54.0 Å². The van der Waals surface area contributed by atoms with E-state index in [4.69, 9.17) is 62.9 Å². The molecule has 0 heterocycles. The fourth-order valence-corrected chi connectivity index (χ4v) is 4.49. The summed E-state index contributed by atoms with van der Waals surface area (Å²) < 4.78 is 180. The van der Waals surface area contributed by atoms with Crippen LogP contribution < -0.4 is 28.7 Å². The van der Waals surface area contributed by atoms with Gasteiger partial charge in [-0.05, 0) is 19.1 Å². The molecule has 0 rings (SSSR count).